The van der Waals surface area contributed by atoms with E-state index < -0.39 is 7.82 Å². The molecule has 162 valence electrons. The minimum atomic E-state index is -4.29. The molecule has 1 N–H and O–H groups in total. The summed E-state index contributed by atoms with van der Waals surface area (Å²) in [4.78, 5) is 10.1. The van der Waals surface area contributed by atoms with Crippen LogP contribution in [0.15, 0.2) is 78.9 Å². The molecule has 1 atom stereocenters. The number of hydrogen-bond acceptors (Lipinski definition) is 4. The first-order chi connectivity index (χ1) is 15.0. The van der Waals surface area contributed by atoms with E-state index in [4.69, 9.17) is 13.8 Å². The molecule has 0 fully saturated rings. The van der Waals surface area contributed by atoms with E-state index >= 15 is 0 Å². The summed E-state index contributed by atoms with van der Waals surface area (Å²) in [6, 6.07) is 23.6. The highest BCUT2D eigenvalue weighted by atomic mass is 31.2. The number of benzene rings is 3. The van der Waals surface area contributed by atoms with Crippen LogP contribution in [0.5, 0.6) is 17.2 Å². The molecule has 0 saturated carbocycles. The van der Waals surface area contributed by atoms with Gasteiger partial charge in [0.15, 0.2) is 0 Å². The van der Waals surface area contributed by atoms with Crippen molar-refractivity contribution in [1.82, 2.24) is 0 Å². The predicted molar refractivity (Wildman–Crippen MR) is 124 cm³/mol. The molecule has 0 spiro atoms. The second-order valence-electron chi connectivity index (χ2n) is 6.88. The van der Waals surface area contributed by atoms with Gasteiger partial charge in [-0.25, -0.2) is 4.57 Å². The zero-order chi connectivity index (χ0) is 22.3. The van der Waals surface area contributed by atoms with Crippen LogP contribution in [0, 0.1) is 0 Å². The van der Waals surface area contributed by atoms with Crippen LogP contribution in [0.2, 0.25) is 0 Å². The molecule has 6 heteroatoms. The number of para-hydroxylation sites is 1. The van der Waals surface area contributed by atoms with E-state index in [1.54, 1.807) is 49.6 Å². The molecule has 3 rings (SSSR count). The minimum Gasteiger partial charge on any atom is -0.497 e. The lowest BCUT2D eigenvalue weighted by molar-refractivity contribution is 0.291. The average molecular weight is 438 g/mol. The molecular formula is C25H27O5P. The van der Waals surface area contributed by atoms with Gasteiger partial charge in [-0.3, -0.25) is 4.89 Å². The summed E-state index contributed by atoms with van der Waals surface area (Å²) in [5.74, 6) is 1.36. The normalized spacial score (nSPS) is 13.7. The standard InChI is InChI=1S/C25H27O5P/c1-4-24(19-11-15-21(28-3)16-12-19)25(5-2)20-13-17-23(18-14-20)30-31(26,27)29-22-9-7-6-8-10-22/h6-18H,4-5H2,1-3H3,(H,26,27). The summed E-state index contributed by atoms with van der Waals surface area (Å²) < 4.78 is 27.9. The first-order valence-electron chi connectivity index (χ1n) is 10.2. The Kier molecular flexibility index (Phi) is 7.56. The third kappa shape index (κ3) is 6.00. The van der Waals surface area contributed by atoms with E-state index in [0.29, 0.717) is 0 Å². The molecule has 0 amide bonds. The van der Waals surface area contributed by atoms with Crippen LogP contribution in [0.25, 0.3) is 11.1 Å². The molecule has 0 aliphatic heterocycles. The summed E-state index contributed by atoms with van der Waals surface area (Å²) >= 11 is 0. The highest BCUT2D eigenvalue weighted by Crippen LogP contribution is 2.44. The molecule has 0 heterocycles. The van der Waals surface area contributed by atoms with E-state index in [0.717, 1.165) is 29.7 Å². The molecule has 1 unspecified atom stereocenters. The lowest BCUT2D eigenvalue weighted by Gasteiger charge is -2.16. The summed E-state index contributed by atoms with van der Waals surface area (Å²) in [6.07, 6.45) is 1.73. The Hall–Kier alpha value is -3.01. The fourth-order valence-electron chi connectivity index (χ4n) is 3.46. The van der Waals surface area contributed by atoms with Gasteiger partial charge in [-0.05, 0) is 71.5 Å². The van der Waals surface area contributed by atoms with E-state index in [-0.39, 0.29) is 11.5 Å². The fourth-order valence-corrected chi connectivity index (χ4v) is 4.27. The highest BCUT2D eigenvalue weighted by Gasteiger charge is 2.25. The lowest BCUT2D eigenvalue weighted by atomic mass is 9.91. The molecule has 3 aromatic rings. The number of methoxy groups -OCH3 is 1. The second-order valence-corrected chi connectivity index (χ2v) is 8.18. The van der Waals surface area contributed by atoms with Gasteiger partial charge >= 0.3 is 7.82 Å². The summed E-state index contributed by atoms with van der Waals surface area (Å²) in [5, 5.41) is 0. The molecule has 31 heavy (non-hydrogen) atoms. The summed E-state index contributed by atoms with van der Waals surface area (Å²) in [6.45, 7) is 4.25. The van der Waals surface area contributed by atoms with Crippen molar-refractivity contribution in [1.29, 1.82) is 0 Å². The van der Waals surface area contributed by atoms with Gasteiger partial charge in [0, 0.05) is 0 Å². The van der Waals surface area contributed by atoms with E-state index in [1.807, 2.05) is 24.3 Å². The third-order valence-corrected chi connectivity index (χ3v) is 5.78. The SMILES string of the molecule is CCC(=C(CC)c1ccc(OP(=O)(O)Oc2ccccc2)cc1)c1ccc(OC)cc1. The van der Waals surface area contributed by atoms with Gasteiger partial charge in [0.1, 0.15) is 17.2 Å². The Morgan fingerprint density at radius 1 is 0.710 bits per heavy atom. The fraction of sp³-hybridized carbons (Fsp3) is 0.200. The van der Waals surface area contributed by atoms with Crippen molar-refractivity contribution in [2.45, 2.75) is 26.7 Å². The predicted octanol–water partition coefficient (Wildman–Crippen LogP) is 6.98. The summed E-state index contributed by atoms with van der Waals surface area (Å²) in [5.41, 5.74) is 4.65. The Bertz CT molecular complexity index is 1060. The lowest BCUT2D eigenvalue weighted by Crippen LogP contribution is -2.00. The third-order valence-electron chi connectivity index (χ3n) is 4.90. The van der Waals surface area contributed by atoms with Crippen molar-refractivity contribution >= 4 is 19.0 Å². The van der Waals surface area contributed by atoms with Gasteiger partial charge in [0.25, 0.3) is 0 Å². The highest BCUT2D eigenvalue weighted by molar-refractivity contribution is 7.48. The molecular weight excluding hydrogens is 411 g/mol. The number of phosphoric acid groups is 1. The maximum atomic E-state index is 12.3. The van der Waals surface area contributed by atoms with Crippen LogP contribution in [-0.4, -0.2) is 12.0 Å². The van der Waals surface area contributed by atoms with Crippen LogP contribution >= 0.6 is 7.82 Å². The maximum Gasteiger partial charge on any atom is 0.584 e. The monoisotopic (exact) mass is 438 g/mol. The van der Waals surface area contributed by atoms with Gasteiger partial charge in [-0.1, -0.05) is 56.3 Å². The smallest absolute Gasteiger partial charge is 0.497 e. The van der Waals surface area contributed by atoms with Gasteiger partial charge in [-0.2, -0.15) is 0 Å². The van der Waals surface area contributed by atoms with Crippen LogP contribution in [0.1, 0.15) is 37.8 Å². The molecule has 0 aliphatic rings. The minimum absolute atomic E-state index is 0.267. The number of ether oxygens (including phenoxy) is 1. The quantitative estimate of drug-likeness (QED) is 0.288. The van der Waals surface area contributed by atoms with Gasteiger partial charge < -0.3 is 13.8 Å². The maximum absolute atomic E-state index is 12.3. The Morgan fingerprint density at radius 3 is 1.55 bits per heavy atom. The molecule has 0 aromatic heterocycles. The molecule has 3 aromatic carbocycles. The molecule has 0 bridgehead atoms. The van der Waals surface area contributed by atoms with E-state index in [9.17, 15) is 9.46 Å². The van der Waals surface area contributed by atoms with Crippen molar-refractivity contribution in [3.05, 3.63) is 90.0 Å². The topological polar surface area (TPSA) is 65.0 Å². The number of allylic oxidation sites excluding steroid dienone is 2. The first-order valence-corrected chi connectivity index (χ1v) is 11.7. The van der Waals surface area contributed by atoms with Crippen molar-refractivity contribution < 1.29 is 23.2 Å². The zero-order valence-electron chi connectivity index (χ0n) is 17.9. The Labute approximate surface area is 183 Å². The average Bonchev–Trinajstić information content (AvgIpc) is 2.78. The van der Waals surface area contributed by atoms with Crippen LogP contribution in [0.4, 0.5) is 0 Å². The molecule has 0 saturated heterocycles. The van der Waals surface area contributed by atoms with Crippen LogP contribution < -0.4 is 13.8 Å². The van der Waals surface area contributed by atoms with Gasteiger partial charge in [0.05, 0.1) is 7.11 Å². The van der Waals surface area contributed by atoms with E-state index in [1.165, 1.54) is 11.1 Å². The molecule has 5 nitrogen and oxygen atoms in total. The Balaban J connectivity index is 1.82. The largest absolute Gasteiger partial charge is 0.584 e. The second kappa shape index (κ2) is 10.3. The zero-order valence-corrected chi connectivity index (χ0v) is 18.8. The first kappa shape index (κ1) is 22.7. The van der Waals surface area contributed by atoms with E-state index in [2.05, 4.69) is 26.0 Å². The van der Waals surface area contributed by atoms with Crippen LogP contribution in [-0.2, 0) is 4.57 Å². The number of rotatable bonds is 9. The van der Waals surface area contributed by atoms with Crippen molar-refractivity contribution in [2.75, 3.05) is 7.11 Å². The molecule has 0 radical (unpaired) electrons. The van der Waals surface area contributed by atoms with Gasteiger partial charge in [0.2, 0.25) is 0 Å². The van der Waals surface area contributed by atoms with Crippen molar-refractivity contribution in [3.63, 3.8) is 0 Å². The Morgan fingerprint density at radius 2 is 1.13 bits per heavy atom. The molecule has 0 aliphatic carbocycles. The number of phosphoric ester groups is 1. The number of hydrogen-bond donors (Lipinski definition) is 1. The van der Waals surface area contributed by atoms with Crippen molar-refractivity contribution in [2.24, 2.45) is 0 Å². The van der Waals surface area contributed by atoms with Crippen molar-refractivity contribution in [3.8, 4) is 17.2 Å². The van der Waals surface area contributed by atoms with Gasteiger partial charge in [-0.15, -0.1) is 0 Å². The van der Waals surface area contributed by atoms with Crippen LogP contribution in [0.3, 0.4) is 0 Å². The summed E-state index contributed by atoms with van der Waals surface area (Å²) in [7, 11) is -2.63.